The van der Waals surface area contributed by atoms with Crippen LogP contribution in [0.25, 0.3) is 0 Å². The van der Waals surface area contributed by atoms with Crippen LogP contribution in [-0.2, 0) is 17.7 Å². The van der Waals surface area contributed by atoms with Gasteiger partial charge < -0.3 is 14.8 Å². The van der Waals surface area contributed by atoms with Gasteiger partial charge in [0.2, 0.25) is 0 Å². The predicted molar refractivity (Wildman–Crippen MR) is 70.9 cm³/mol. The number of fused-ring (bicyclic) bond motifs is 1. The Hall–Kier alpha value is -1.06. The van der Waals surface area contributed by atoms with Crippen LogP contribution in [0, 0.1) is 5.92 Å². The Morgan fingerprint density at radius 2 is 2.39 bits per heavy atom. The van der Waals surface area contributed by atoms with E-state index in [4.69, 9.17) is 9.47 Å². The Balaban J connectivity index is 1.65. The maximum atomic E-state index is 6.04. The van der Waals surface area contributed by atoms with Gasteiger partial charge in [0.05, 0.1) is 13.2 Å². The maximum absolute atomic E-state index is 6.04. The van der Waals surface area contributed by atoms with Crippen molar-refractivity contribution in [1.29, 1.82) is 0 Å². The Labute approximate surface area is 108 Å². The fraction of sp³-hybridized carbons (Fsp3) is 0.600. The van der Waals surface area contributed by atoms with Crippen LogP contribution in [0.4, 0.5) is 0 Å². The van der Waals surface area contributed by atoms with Gasteiger partial charge in [0.25, 0.3) is 0 Å². The molecule has 1 atom stereocenters. The van der Waals surface area contributed by atoms with Crippen LogP contribution >= 0.6 is 0 Å². The molecule has 3 nitrogen and oxygen atoms in total. The van der Waals surface area contributed by atoms with Crippen LogP contribution in [0.15, 0.2) is 18.2 Å². The highest BCUT2D eigenvalue weighted by atomic mass is 16.5. The van der Waals surface area contributed by atoms with Gasteiger partial charge in [-0.3, -0.25) is 0 Å². The molecule has 3 heteroatoms. The van der Waals surface area contributed by atoms with Crippen molar-refractivity contribution < 1.29 is 9.47 Å². The molecule has 1 aromatic rings. The minimum atomic E-state index is 0.566. The zero-order valence-electron chi connectivity index (χ0n) is 10.8. The van der Waals surface area contributed by atoms with Gasteiger partial charge in [-0.15, -0.1) is 0 Å². The number of hydrogen-bond donors (Lipinski definition) is 1. The van der Waals surface area contributed by atoms with Crippen LogP contribution in [0.1, 0.15) is 24.0 Å². The van der Waals surface area contributed by atoms with Crippen molar-refractivity contribution in [2.75, 3.05) is 26.4 Å². The monoisotopic (exact) mass is 247 g/mol. The van der Waals surface area contributed by atoms with Gasteiger partial charge in [-0.25, -0.2) is 0 Å². The molecule has 2 heterocycles. The highest BCUT2D eigenvalue weighted by Gasteiger charge is 2.17. The van der Waals surface area contributed by atoms with E-state index in [-0.39, 0.29) is 0 Å². The number of rotatable bonds is 3. The second-order valence-electron chi connectivity index (χ2n) is 5.21. The summed E-state index contributed by atoms with van der Waals surface area (Å²) in [6.07, 6.45) is 3.48. The third-order valence-electron chi connectivity index (χ3n) is 3.83. The van der Waals surface area contributed by atoms with E-state index >= 15 is 0 Å². The maximum Gasteiger partial charge on any atom is 0.122 e. The highest BCUT2D eigenvalue weighted by molar-refractivity contribution is 5.41. The van der Waals surface area contributed by atoms with Crippen molar-refractivity contribution >= 4 is 0 Å². The SMILES string of the molecule is c1cc2c(c(OCC3CCCOC3)c1)CCNC2. The molecule has 18 heavy (non-hydrogen) atoms. The van der Waals surface area contributed by atoms with Crippen LogP contribution < -0.4 is 10.1 Å². The summed E-state index contributed by atoms with van der Waals surface area (Å²) in [7, 11) is 0. The Bertz CT molecular complexity index is 399. The second-order valence-corrected chi connectivity index (χ2v) is 5.21. The lowest BCUT2D eigenvalue weighted by atomic mass is 10.00. The summed E-state index contributed by atoms with van der Waals surface area (Å²) in [5.74, 6) is 1.65. The minimum Gasteiger partial charge on any atom is -0.493 e. The largest absolute Gasteiger partial charge is 0.493 e. The lowest BCUT2D eigenvalue weighted by Crippen LogP contribution is -2.26. The zero-order chi connectivity index (χ0) is 12.2. The highest BCUT2D eigenvalue weighted by Crippen LogP contribution is 2.26. The lowest BCUT2D eigenvalue weighted by Gasteiger charge is -2.24. The summed E-state index contributed by atoms with van der Waals surface area (Å²) in [4.78, 5) is 0. The molecule has 0 saturated carbocycles. The summed E-state index contributed by atoms with van der Waals surface area (Å²) in [6.45, 7) is 4.60. The lowest BCUT2D eigenvalue weighted by molar-refractivity contribution is 0.0350. The molecule has 1 N–H and O–H groups in total. The van der Waals surface area contributed by atoms with E-state index in [1.165, 1.54) is 24.0 Å². The summed E-state index contributed by atoms with van der Waals surface area (Å²) in [6, 6.07) is 6.39. The molecule has 1 saturated heterocycles. The molecule has 3 rings (SSSR count). The van der Waals surface area contributed by atoms with Crippen LogP contribution in [0.2, 0.25) is 0 Å². The van der Waals surface area contributed by atoms with Crippen LogP contribution in [0.3, 0.4) is 0 Å². The second kappa shape index (κ2) is 5.72. The first-order valence-corrected chi connectivity index (χ1v) is 6.95. The van der Waals surface area contributed by atoms with E-state index in [1.54, 1.807) is 0 Å². The molecule has 2 aliphatic heterocycles. The van der Waals surface area contributed by atoms with Crippen molar-refractivity contribution in [2.45, 2.75) is 25.8 Å². The summed E-state index contributed by atoms with van der Waals surface area (Å²) < 4.78 is 11.5. The third kappa shape index (κ3) is 2.68. The van der Waals surface area contributed by atoms with E-state index in [1.807, 2.05) is 0 Å². The quantitative estimate of drug-likeness (QED) is 0.887. The van der Waals surface area contributed by atoms with E-state index in [2.05, 4.69) is 23.5 Å². The van der Waals surface area contributed by atoms with Gasteiger partial charge in [-0.2, -0.15) is 0 Å². The molecule has 0 aromatic heterocycles. The Kier molecular flexibility index (Phi) is 3.81. The van der Waals surface area contributed by atoms with Crippen molar-refractivity contribution in [3.8, 4) is 5.75 Å². The molecular formula is C15H21NO2. The Morgan fingerprint density at radius 3 is 3.28 bits per heavy atom. The van der Waals surface area contributed by atoms with Gasteiger partial charge in [0.15, 0.2) is 0 Å². The smallest absolute Gasteiger partial charge is 0.122 e. The molecule has 1 fully saturated rings. The molecule has 0 spiro atoms. The summed E-state index contributed by atoms with van der Waals surface area (Å²) in [5, 5.41) is 3.40. The number of ether oxygens (including phenoxy) is 2. The van der Waals surface area contributed by atoms with Crippen LogP contribution in [-0.4, -0.2) is 26.4 Å². The topological polar surface area (TPSA) is 30.5 Å². The minimum absolute atomic E-state index is 0.566. The summed E-state index contributed by atoms with van der Waals surface area (Å²) in [5.41, 5.74) is 2.78. The predicted octanol–water partition coefficient (Wildman–Crippen LogP) is 2.14. The first-order chi connectivity index (χ1) is 8.93. The normalized spacial score (nSPS) is 23.4. The molecule has 98 valence electrons. The molecule has 0 aliphatic carbocycles. The third-order valence-corrected chi connectivity index (χ3v) is 3.83. The zero-order valence-corrected chi connectivity index (χ0v) is 10.8. The van der Waals surface area contributed by atoms with Gasteiger partial charge in [-0.1, -0.05) is 12.1 Å². The number of benzene rings is 1. The molecule has 2 aliphatic rings. The molecule has 1 aromatic carbocycles. The van der Waals surface area contributed by atoms with Gasteiger partial charge >= 0.3 is 0 Å². The van der Waals surface area contributed by atoms with E-state index < -0.39 is 0 Å². The summed E-state index contributed by atoms with van der Waals surface area (Å²) >= 11 is 0. The average molecular weight is 247 g/mol. The fourth-order valence-electron chi connectivity index (χ4n) is 2.78. The van der Waals surface area contributed by atoms with E-state index in [9.17, 15) is 0 Å². The van der Waals surface area contributed by atoms with Crippen LogP contribution in [0.5, 0.6) is 5.75 Å². The number of hydrogen-bond acceptors (Lipinski definition) is 3. The van der Waals surface area contributed by atoms with Crippen molar-refractivity contribution in [3.05, 3.63) is 29.3 Å². The molecule has 0 radical (unpaired) electrons. The molecule has 0 bridgehead atoms. The van der Waals surface area contributed by atoms with E-state index in [0.717, 1.165) is 45.1 Å². The fourth-order valence-corrected chi connectivity index (χ4v) is 2.78. The number of nitrogens with one attached hydrogen (secondary N) is 1. The van der Waals surface area contributed by atoms with Gasteiger partial charge in [-0.05, 0) is 43.0 Å². The van der Waals surface area contributed by atoms with E-state index in [0.29, 0.717) is 5.92 Å². The Morgan fingerprint density at radius 1 is 1.39 bits per heavy atom. The van der Waals surface area contributed by atoms with Crippen molar-refractivity contribution in [2.24, 2.45) is 5.92 Å². The van der Waals surface area contributed by atoms with Crippen molar-refractivity contribution in [3.63, 3.8) is 0 Å². The first-order valence-electron chi connectivity index (χ1n) is 6.95. The van der Waals surface area contributed by atoms with Crippen molar-refractivity contribution in [1.82, 2.24) is 5.32 Å². The molecular weight excluding hydrogens is 226 g/mol. The molecule has 0 amide bonds. The van der Waals surface area contributed by atoms with Gasteiger partial charge in [0.1, 0.15) is 5.75 Å². The first kappa shape index (κ1) is 12.0. The standard InChI is InChI=1S/C15H21NO2/c1-4-13-9-16-7-6-14(13)15(5-1)18-11-12-3-2-8-17-10-12/h1,4-5,12,16H,2-3,6-11H2. The molecule has 1 unspecified atom stereocenters. The average Bonchev–Trinajstić information content (AvgIpc) is 2.46. The van der Waals surface area contributed by atoms with Gasteiger partial charge in [0, 0.05) is 19.1 Å².